The van der Waals surface area contributed by atoms with E-state index in [-0.39, 0.29) is 5.92 Å². The number of nitrogens with zero attached hydrogens (tertiary/aromatic N) is 1. The van der Waals surface area contributed by atoms with E-state index in [9.17, 15) is 0 Å². The summed E-state index contributed by atoms with van der Waals surface area (Å²) >= 11 is 0. The second kappa shape index (κ2) is 4.63. The number of nitrogens with two attached hydrogens (primary N) is 1. The highest BCUT2D eigenvalue weighted by Gasteiger charge is 2.28. The number of hydrogen-bond donors (Lipinski definition) is 1. The molecule has 0 amide bonds. The Kier molecular flexibility index (Phi) is 2.64. The van der Waals surface area contributed by atoms with Crippen LogP contribution in [0.2, 0.25) is 0 Å². The Morgan fingerprint density at radius 1 is 0.857 bits per heavy atom. The van der Waals surface area contributed by atoms with Gasteiger partial charge in [-0.3, -0.25) is 0 Å². The van der Waals surface area contributed by atoms with Gasteiger partial charge in [0.1, 0.15) is 5.75 Å². The van der Waals surface area contributed by atoms with Crippen LogP contribution < -0.4 is 10.5 Å². The summed E-state index contributed by atoms with van der Waals surface area (Å²) in [5.41, 5.74) is 10.0. The summed E-state index contributed by atoms with van der Waals surface area (Å²) in [5.74, 6) is 1.67. The molecule has 0 radical (unpaired) electrons. The number of para-hydroxylation sites is 1. The van der Waals surface area contributed by atoms with Crippen LogP contribution in [0.5, 0.6) is 11.6 Å². The lowest BCUT2D eigenvalue weighted by molar-refractivity contribution is 0.434. The van der Waals surface area contributed by atoms with Gasteiger partial charge in [-0.1, -0.05) is 36.4 Å². The van der Waals surface area contributed by atoms with Crippen molar-refractivity contribution in [2.75, 3.05) is 5.73 Å². The van der Waals surface area contributed by atoms with Gasteiger partial charge < -0.3 is 10.5 Å². The Hall–Kier alpha value is -2.81. The molecule has 2 aromatic carbocycles. The lowest BCUT2D eigenvalue weighted by Gasteiger charge is -2.27. The van der Waals surface area contributed by atoms with Crippen LogP contribution in [0.25, 0.3) is 0 Å². The zero-order valence-corrected chi connectivity index (χ0v) is 11.4. The lowest BCUT2D eigenvalue weighted by atomic mass is 9.84. The molecule has 0 bridgehead atoms. The average Bonchev–Trinajstić information content (AvgIpc) is 2.53. The molecule has 2 heterocycles. The van der Waals surface area contributed by atoms with E-state index in [0.717, 1.165) is 22.6 Å². The number of benzene rings is 2. The maximum absolute atomic E-state index is 5.92. The number of aromatic nitrogens is 1. The van der Waals surface area contributed by atoms with E-state index in [1.807, 2.05) is 36.4 Å². The van der Waals surface area contributed by atoms with Gasteiger partial charge in [-0.2, -0.15) is 0 Å². The van der Waals surface area contributed by atoms with Crippen LogP contribution in [-0.4, -0.2) is 4.98 Å². The maximum Gasteiger partial charge on any atom is 0.223 e. The summed E-state index contributed by atoms with van der Waals surface area (Å²) in [4.78, 5) is 4.36. The monoisotopic (exact) mass is 274 g/mol. The molecule has 0 spiro atoms. The van der Waals surface area contributed by atoms with Crippen molar-refractivity contribution in [1.29, 1.82) is 0 Å². The first-order valence-corrected chi connectivity index (χ1v) is 6.90. The highest BCUT2D eigenvalue weighted by molar-refractivity contribution is 5.57. The smallest absolute Gasteiger partial charge is 0.223 e. The van der Waals surface area contributed by atoms with E-state index in [2.05, 4.69) is 29.2 Å². The second-order valence-corrected chi connectivity index (χ2v) is 5.14. The van der Waals surface area contributed by atoms with Gasteiger partial charge in [0.05, 0.1) is 0 Å². The summed E-state index contributed by atoms with van der Waals surface area (Å²) < 4.78 is 5.92. The van der Waals surface area contributed by atoms with Gasteiger partial charge in [0.2, 0.25) is 5.88 Å². The first kappa shape index (κ1) is 12.0. The topological polar surface area (TPSA) is 48.1 Å². The van der Waals surface area contributed by atoms with Crippen molar-refractivity contribution >= 4 is 5.69 Å². The van der Waals surface area contributed by atoms with E-state index in [4.69, 9.17) is 10.5 Å². The van der Waals surface area contributed by atoms with Crippen LogP contribution in [0, 0.1) is 0 Å². The van der Waals surface area contributed by atoms with Crippen molar-refractivity contribution in [3.8, 4) is 11.6 Å². The Balaban J connectivity index is 1.95. The molecule has 1 atom stereocenters. The molecule has 0 fully saturated rings. The molecule has 0 saturated carbocycles. The van der Waals surface area contributed by atoms with Gasteiger partial charge in [-0.25, -0.2) is 4.98 Å². The third kappa shape index (κ3) is 1.94. The van der Waals surface area contributed by atoms with Crippen molar-refractivity contribution in [2.24, 2.45) is 0 Å². The molecular weight excluding hydrogens is 260 g/mol. The van der Waals surface area contributed by atoms with Crippen LogP contribution >= 0.6 is 0 Å². The molecular formula is C18H14N2O. The average molecular weight is 274 g/mol. The van der Waals surface area contributed by atoms with Gasteiger partial charge in [0.25, 0.3) is 0 Å². The molecule has 4 rings (SSSR count). The van der Waals surface area contributed by atoms with Gasteiger partial charge >= 0.3 is 0 Å². The van der Waals surface area contributed by atoms with E-state index in [1.165, 1.54) is 5.56 Å². The van der Waals surface area contributed by atoms with Crippen LogP contribution in [0.4, 0.5) is 5.69 Å². The van der Waals surface area contributed by atoms with Crippen LogP contribution in [-0.2, 0) is 0 Å². The minimum atomic E-state index is 0.124. The van der Waals surface area contributed by atoms with Crippen molar-refractivity contribution in [1.82, 2.24) is 4.98 Å². The van der Waals surface area contributed by atoms with E-state index < -0.39 is 0 Å². The molecule has 3 aromatic rings. The molecule has 1 aliphatic rings. The summed E-state index contributed by atoms with van der Waals surface area (Å²) in [6, 6.07) is 20.1. The molecule has 3 nitrogen and oxygen atoms in total. The summed E-state index contributed by atoms with van der Waals surface area (Å²) in [6.07, 6.45) is 1.76. The number of fused-ring (bicyclic) bond motifs is 2. The van der Waals surface area contributed by atoms with Crippen LogP contribution in [0.15, 0.2) is 66.9 Å². The van der Waals surface area contributed by atoms with Crippen molar-refractivity contribution < 1.29 is 4.74 Å². The molecule has 1 unspecified atom stereocenters. The Bertz CT molecular complexity index is 751. The number of ether oxygens (including phenoxy) is 1. The van der Waals surface area contributed by atoms with Crippen LogP contribution in [0.3, 0.4) is 0 Å². The first-order valence-electron chi connectivity index (χ1n) is 6.90. The van der Waals surface area contributed by atoms with Crippen molar-refractivity contribution in [3.63, 3.8) is 0 Å². The van der Waals surface area contributed by atoms with Crippen LogP contribution in [0.1, 0.15) is 22.6 Å². The fourth-order valence-corrected chi connectivity index (χ4v) is 2.84. The molecule has 1 aliphatic heterocycles. The van der Waals surface area contributed by atoms with Gasteiger partial charge in [-0.05, 0) is 29.8 Å². The molecule has 21 heavy (non-hydrogen) atoms. The Labute approximate surface area is 123 Å². The van der Waals surface area contributed by atoms with E-state index in [1.54, 1.807) is 6.20 Å². The quantitative estimate of drug-likeness (QED) is 0.535. The van der Waals surface area contributed by atoms with Crippen molar-refractivity contribution in [3.05, 3.63) is 83.6 Å². The lowest BCUT2D eigenvalue weighted by Crippen LogP contribution is -2.12. The standard InChI is InChI=1S/C18H14N2O/c19-13-9-7-12(8-10-13)17-14-4-1-2-6-16(14)21-18-15(17)5-3-11-20-18/h1-11,17H,19H2. The SMILES string of the molecule is Nc1ccc(C2c3ccccc3Oc3ncccc32)cc1. The highest BCUT2D eigenvalue weighted by Crippen LogP contribution is 2.45. The number of rotatable bonds is 1. The Morgan fingerprint density at radius 3 is 2.48 bits per heavy atom. The molecule has 102 valence electrons. The number of nitrogen functional groups attached to an aromatic ring is 1. The van der Waals surface area contributed by atoms with Gasteiger partial charge in [0.15, 0.2) is 0 Å². The fraction of sp³-hybridized carbons (Fsp3) is 0.0556. The maximum atomic E-state index is 5.92. The van der Waals surface area contributed by atoms with Gasteiger partial charge in [0, 0.05) is 28.9 Å². The summed E-state index contributed by atoms with van der Waals surface area (Å²) in [7, 11) is 0. The summed E-state index contributed by atoms with van der Waals surface area (Å²) in [5, 5.41) is 0. The van der Waals surface area contributed by atoms with Gasteiger partial charge in [-0.15, -0.1) is 0 Å². The number of hydrogen-bond acceptors (Lipinski definition) is 3. The minimum absolute atomic E-state index is 0.124. The predicted molar refractivity (Wildman–Crippen MR) is 82.6 cm³/mol. The molecule has 1 aromatic heterocycles. The predicted octanol–water partition coefficient (Wildman–Crippen LogP) is 3.95. The van der Waals surface area contributed by atoms with Crippen molar-refractivity contribution in [2.45, 2.75) is 5.92 Å². The molecule has 2 N–H and O–H groups in total. The van der Waals surface area contributed by atoms with E-state index in [0.29, 0.717) is 5.88 Å². The minimum Gasteiger partial charge on any atom is -0.438 e. The molecule has 3 heteroatoms. The number of anilines is 1. The third-order valence-corrected chi connectivity index (χ3v) is 3.82. The van der Waals surface area contributed by atoms with E-state index >= 15 is 0 Å². The zero-order valence-electron chi connectivity index (χ0n) is 11.4. The number of pyridine rings is 1. The highest BCUT2D eigenvalue weighted by atomic mass is 16.5. The molecule has 0 saturated heterocycles. The second-order valence-electron chi connectivity index (χ2n) is 5.14. The largest absolute Gasteiger partial charge is 0.438 e. The Morgan fingerprint density at radius 2 is 1.62 bits per heavy atom. The normalized spacial score (nSPS) is 15.7. The molecule has 0 aliphatic carbocycles. The summed E-state index contributed by atoms with van der Waals surface area (Å²) in [6.45, 7) is 0. The fourth-order valence-electron chi connectivity index (χ4n) is 2.84. The third-order valence-electron chi connectivity index (χ3n) is 3.82. The first-order chi connectivity index (χ1) is 10.3. The zero-order chi connectivity index (χ0) is 14.2.